The predicted octanol–water partition coefficient (Wildman–Crippen LogP) is 6.39. The summed E-state index contributed by atoms with van der Waals surface area (Å²) < 4.78 is 7.26. The van der Waals surface area contributed by atoms with E-state index in [9.17, 15) is 14.7 Å². The third-order valence-corrected chi connectivity index (χ3v) is 7.28. The van der Waals surface area contributed by atoms with Crippen LogP contribution in [0.5, 0.6) is 5.75 Å². The quantitative estimate of drug-likeness (QED) is 0.177. The van der Waals surface area contributed by atoms with Crippen molar-refractivity contribution in [1.82, 2.24) is 4.98 Å². The Hall–Kier alpha value is -3.49. The molecule has 1 aliphatic heterocycles. The van der Waals surface area contributed by atoms with E-state index in [0.717, 1.165) is 20.3 Å². The number of carbonyl (C=O) groups excluding carboxylic acids is 2. The number of halogens is 1. The molecule has 1 atom stereocenters. The van der Waals surface area contributed by atoms with Crippen molar-refractivity contribution in [2.24, 2.45) is 0 Å². The lowest BCUT2D eigenvalue weighted by Gasteiger charge is -2.23. The number of anilines is 1. The van der Waals surface area contributed by atoms with Gasteiger partial charge >= 0.3 is 5.91 Å². The Bertz CT molecular complexity index is 1510. The van der Waals surface area contributed by atoms with Crippen molar-refractivity contribution in [3.8, 4) is 5.75 Å². The third kappa shape index (κ3) is 4.24. The smallest absolute Gasteiger partial charge is 0.301 e. The van der Waals surface area contributed by atoms with E-state index in [0.29, 0.717) is 28.6 Å². The Balaban J connectivity index is 1.72. The first-order chi connectivity index (χ1) is 16.9. The number of nitrogens with zero attached hydrogens (tertiary/aromatic N) is 2. The van der Waals surface area contributed by atoms with Crippen molar-refractivity contribution in [1.29, 1.82) is 0 Å². The summed E-state index contributed by atoms with van der Waals surface area (Å²) in [7, 11) is 0. The van der Waals surface area contributed by atoms with E-state index >= 15 is 0 Å². The van der Waals surface area contributed by atoms with E-state index in [1.54, 1.807) is 24.3 Å². The Morgan fingerprint density at radius 3 is 2.69 bits per heavy atom. The van der Waals surface area contributed by atoms with Gasteiger partial charge in [0, 0.05) is 10.0 Å². The van der Waals surface area contributed by atoms with Gasteiger partial charge in [-0.1, -0.05) is 57.6 Å². The van der Waals surface area contributed by atoms with Crippen LogP contribution in [0.25, 0.3) is 16.0 Å². The largest absolute Gasteiger partial charge is 0.507 e. The average molecular weight is 549 g/mol. The molecule has 0 saturated carbocycles. The van der Waals surface area contributed by atoms with Crippen molar-refractivity contribution < 1.29 is 19.4 Å². The first kappa shape index (κ1) is 23.3. The molecule has 5 rings (SSSR count). The molecule has 1 amide bonds. The van der Waals surface area contributed by atoms with E-state index < -0.39 is 17.7 Å². The van der Waals surface area contributed by atoms with Crippen molar-refractivity contribution in [3.63, 3.8) is 0 Å². The number of carbonyl (C=O) groups is 2. The van der Waals surface area contributed by atoms with Gasteiger partial charge in [0.15, 0.2) is 5.13 Å². The minimum atomic E-state index is -0.843. The number of amides is 1. The number of thiazole rings is 1. The second kappa shape index (κ2) is 9.28. The maximum absolute atomic E-state index is 13.4. The Morgan fingerprint density at radius 1 is 1.11 bits per heavy atom. The lowest BCUT2D eigenvalue weighted by Crippen LogP contribution is -2.29. The van der Waals surface area contributed by atoms with Crippen LogP contribution in [0.1, 0.15) is 29.7 Å². The summed E-state index contributed by atoms with van der Waals surface area (Å²) in [4.78, 5) is 32.8. The molecule has 1 unspecified atom stereocenters. The predicted molar refractivity (Wildman–Crippen MR) is 141 cm³/mol. The number of hydrogen-bond acceptors (Lipinski definition) is 6. The summed E-state index contributed by atoms with van der Waals surface area (Å²) in [6.07, 6.45) is 0. The second-order valence-electron chi connectivity index (χ2n) is 8.15. The number of aliphatic hydroxyl groups is 1. The number of fused-ring (bicyclic) bond motifs is 1. The molecule has 3 aromatic carbocycles. The SMILES string of the molecule is CCOc1cccc(/C(O)=C2\C(=O)C(=O)N(c3nc4ccc(C)cc4s3)C2c2cccc(Br)c2)c1. The van der Waals surface area contributed by atoms with Crippen molar-refractivity contribution in [2.45, 2.75) is 19.9 Å². The molecule has 35 heavy (non-hydrogen) atoms. The van der Waals surface area contributed by atoms with Gasteiger partial charge in [-0.2, -0.15) is 0 Å². The number of hydrogen-bond donors (Lipinski definition) is 1. The molecule has 1 saturated heterocycles. The highest BCUT2D eigenvalue weighted by molar-refractivity contribution is 9.10. The van der Waals surface area contributed by atoms with Gasteiger partial charge in [-0.15, -0.1) is 0 Å². The fourth-order valence-corrected chi connectivity index (χ4v) is 5.71. The number of aliphatic hydroxyl groups excluding tert-OH is 1. The van der Waals surface area contributed by atoms with Crippen LogP contribution >= 0.6 is 27.3 Å². The molecule has 1 aliphatic rings. The van der Waals surface area contributed by atoms with Crippen LogP contribution in [-0.4, -0.2) is 28.4 Å². The summed E-state index contributed by atoms with van der Waals surface area (Å²) >= 11 is 4.83. The Labute approximate surface area is 214 Å². The highest BCUT2D eigenvalue weighted by Gasteiger charge is 2.48. The maximum atomic E-state index is 13.4. The van der Waals surface area contributed by atoms with Crippen molar-refractivity contribution in [3.05, 3.63) is 93.5 Å². The summed E-state index contributed by atoms with van der Waals surface area (Å²) in [6.45, 7) is 4.32. The van der Waals surface area contributed by atoms with Gasteiger partial charge in [-0.25, -0.2) is 4.98 Å². The fraction of sp³-hybridized carbons (Fsp3) is 0.148. The number of Topliss-reactive ketones (excluding diaryl/α,β-unsaturated/α-hetero) is 1. The summed E-state index contributed by atoms with van der Waals surface area (Å²) in [5.41, 5.74) is 2.91. The van der Waals surface area contributed by atoms with E-state index in [1.165, 1.54) is 16.2 Å². The molecule has 1 fully saturated rings. The second-order valence-corrected chi connectivity index (χ2v) is 10.1. The zero-order valence-corrected chi connectivity index (χ0v) is 21.4. The topological polar surface area (TPSA) is 79.7 Å². The van der Waals surface area contributed by atoms with E-state index in [2.05, 4.69) is 20.9 Å². The highest BCUT2D eigenvalue weighted by atomic mass is 79.9. The molecule has 176 valence electrons. The first-order valence-corrected chi connectivity index (χ1v) is 12.6. The molecule has 1 N–H and O–H groups in total. The van der Waals surface area contributed by atoms with Crippen LogP contribution in [-0.2, 0) is 9.59 Å². The van der Waals surface area contributed by atoms with Crippen LogP contribution in [0.15, 0.2) is 76.8 Å². The zero-order valence-electron chi connectivity index (χ0n) is 19.0. The first-order valence-electron chi connectivity index (χ1n) is 11.0. The normalized spacial score (nSPS) is 17.3. The van der Waals surface area contributed by atoms with E-state index in [1.807, 2.05) is 56.3 Å². The van der Waals surface area contributed by atoms with Gasteiger partial charge in [0.25, 0.3) is 5.78 Å². The van der Waals surface area contributed by atoms with Gasteiger partial charge in [0.1, 0.15) is 11.5 Å². The monoisotopic (exact) mass is 548 g/mol. The molecule has 0 spiro atoms. The van der Waals surface area contributed by atoms with Crippen LogP contribution in [0.2, 0.25) is 0 Å². The Kier molecular flexibility index (Phi) is 6.17. The number of aromatic nitrogens is 1. The lowest BCUT2D eigenvalue weighted by molar-refractivity contribution is -0.132. The van der Waals surface area contributed by atoms with Gasteiger partial charge in [-0.3, -0.25) is 14.5 Å². The summed E-state index contributed by atoms with van der Waals surface area (Å²) in [6, 6.07) is 19.2. The molecule has 2 heterocycles. The van der Waals surface area contributed by atoms with Crippen molar-refractivity contribution >= 4 is 60.1 Å². The van der Waals surface area contributed by atoms with Gasteiger partial charge in [0.2, 0.25) is 0 Å². The van der Waals surface area contributed by atoms with E-state index in [-0.39, 0.29) is 11.3 Å². The van der Waals surface area contributed by atoms with Crippen LogP contribution in [0.4, 0.5) is 5.13 Å². The minimum Gasteiger partial charge on any atom is -0.507 e. The molecule has 0 radical (unpaired) electrons. The number of rotatable bonds is 5. The molecule has 8 heteroatoms. The summed E-state index contributed by atoms with van der Waals surface area (Å²) in [5.74, 6) is -1.18. The van der Waals surface area contributed by atoms with Gasteiger partial charge in [-0.05, 0) is 61.4 Å². The van der Waals surface area contributed by atoms with Crippen LogP contribution in [0, 0.1) is 6.92 Å². The molecule has 0 bridgehead atoms. The molecular formula is C27H21BrN2O4S. The summed E-state index contributed by atoms with van der Waals surface area (Å²) in [5, 5.41) is 11.7. The molecule has 1 aromatic heterocycles. The van der Waals surface area contributed by atoms with Crippen molar-refractivity contribution in [2.75, 3.05) is 11.5 Å². The van der Waals surface area contributed by atoms with Crippen LogP contribution in [0.3, 0.4) is 0 Å². The highest BCUT2D eigenvalue weighted by Crippen LogP contribution is 2.44. The number of benzene rings is 3. The minimum absolute atomic E-state index is 0.0113. The number of ketones is 1. The van der Waals surface area contributed by atoms with Gasteiger partial charge < -0.3 is 9.84 Å². The number of ether oxygens (including phenoxy) is 1. The number of aryl methyl sites for hydroxylation is 1. The average Bonchev–Trinajstić information content (AvgIpc) is 3.37. The lowest BCUT2D eigenvalue weighted by atomic mass is 9.95. The fourth-order valence-electron chi connectivity index (χ4n) is 4.20. The standard InChI is InChI=1S/C27H21BrN2O4S/c1-3-34-19-9-5-7-17(14-19)24(31)22-23(16-6-4-8-18(28)13-16)30(26(33)25(22)32)27-29-20-11-10-15(2)12-21(20)35-27/h4-14,23,31H,3H2,1-2H3/b24-22+. The van der Waals surface area contributed by atoms with E-state index in [4.69, 9.17) is 4.74 Å². The molecular weight excluding hydrogens is 528 g/mol. The molecule has 4 aromatic rings. The zero-order chi connectivity index (χ0) is 24.7. The third-order valence-electron chi connectivity index (χ3n) is 5.77. The van der Waals surface area contributed by atoms with Gasteiger partial charge in [0.05, 0.1) is 28.4 Å². The molecule has 0 aliphatic carbocycles. The van der Waals surface area contributed by atoms with Crippen LogP contribution < -0.4 is 9.64 Å². The Morgan fingerprint density at radius 2 is 1.91 bits per heavy atom. The maximum Gasteiger partial charge on any atom is 0.301 e. The molecule has 6 nitrogen and oxygen atoms in total.